The summed E-state index contributed by atoms with van der Waals surface area (Å²) in [5.41, 5.74) is 0.890. The Labute approximate surface area is 140 Å². The number of nitrogens with one attached hydrogen (secondary N) is 1. The first kappa shape index (κ1) is 16.9. The minimum atomic E-state index is -0.856. The van der Waals surface area contributed by atoms with Gasteiger partial charge in [0.05, 0.1) is 5.92 Å². The van der Waals surface area contributed by atoms with Gasteiger partial charge in [-0.05, 0) is 49.8 Å². The molecule has 5 nitrogen and oxygen atoms in total. The highest BCUT2D eigenvalue weighted by molar-refractivity contribution is 5.81. The van der Waals surface area contributed by atoms with Gasteiger partial charge in [0.2, 0.25) is 5.91 Å². The Kier molecular flexibility index (Phi) is 5.14. The van der Waals surface area contributed by atoms with E-state index < -0.39 is 12.0 Å². The highest BCUT2D eigenvalue weighted by Gasteiger charge is 2.37. The number of carbonyl (C=O) groups excluding carboxylic acids is 1. The monoisotopic (exact) mass is 334 g/mol. The Bertz CT molecular complexity index is 610. The number of carboxylic acids is 1. The molecule has 0 bridgehead atoms. The van der Waals surface area contributed by atoms with Crippen LogP contribution < -0.4 is 5.32 Å². The molecule has 1 saturated heterocycles. The third-order valence-corrected chi connectivity index (χ3v) is 4.86. The molecule has 2 atom stereocenters. The van der Waals surface area contributed by atoms with Gasteiger partial charge in [-0.15, -0.1) is 0 Å². The van der Waals surface area contributed by atoms with Crippen LogP contribution in [0.5, 0.6) is 0 Å². The van der Waals surface area contributed by atoms with Crippen LogP contribution in [0.4, 0.5) is 4.39 Å². The fourth-order valence-corrected chi connectivity index (χ4v) is 3.31. The zero-order chi connectivity index (χ0) is 17.1. The topological polar surface area (TPSA) is 69.6 Å². The molecule has 1 aliphatic heterocycles. The fourth-order valence-electron chi connectivity index (χ4n) is 3.31. The third-order valence-electron chi connectivity index (χ3n) is 4.86. The molecule has 0 aromatic heterocycles. The van der Waals surface area contributed by atoms with Crippen molar-refractivity contribution in [3.8, 4) is 0 Å². The van der Waals surface area contributed by atoms with Crippen LogP contribution in [0, 0.1) is 11.7 Å². The number of rotatable bonds is 6. The van der Waals surface area contributed by atoms with E-state index in [0.29, 0.717) is 38.4 Å². The molecular formula is C18H23FN2O3. The number of carboxylic acid groups (broad SMARTS) is 1. The van der Waals surface area contributed by atoms with Crippen molar-refractivity contribution in [3.63, 3.8) is 0 Å². The van der Waals surface area contributed by atoms with Crippen LogP contribution in [0.3, 0.4) is 0 Å². The van der Waals surface area contributed by atoms with Crippen molar-refractivity contribution < 1.29 is 19.1 Å². The Morgan fingerprint density at radius 1 is 1.25 bits per heavy atom. The summed E-state index contributed by atoms with van der Waals surface area (Å²) in [5, 5.41) is 12.0. The van der Waals surface area contributed by atoms with E-state index in [1.165, 1.54) is 12.1 Å². The van der Waals surface area contributed by atoms with Crippen molar-refractivity contribution in [1.82, 2.24) is 10.2 Å². The second-order valence-corrected chi connectivity index (χ2v) is 6.72. The first-order valence-electron chi connectivity index (χ1n) is 8.55. The normalized spacial score (nSPS) is 23.7. The largest absolute Gasteiger partial charge is 0.480 e. The molecule has 2 N–H and O–H groups in total. The first-order chi connectivity index (χ1) is 11.5. The minimum absolute atomic E-state index is 0.102. The van der Waals surface area contributed by atoms with E-state index >= 15 is 0 Å². The summed E-state index contributed by atoms with van der Waals surface area (Å²) in [5.74, 6) is -1.17. The lowest BCUT2D eigenvalue weighted by atomic mass is 9.93. The highest BCUT2D eigenvalue weighted by atomic mass is 19.1. The van der Waals surface area contributed by atoms with Gasteiger partial charge in [-0.1, -0.05) is 12.1 Å². The van der Waals surface area contributed by atoms with Crippen molar-refractivity contribution in [2.45, 2.75) is 44.2 Å². The number of aliphatic carboxylic acids is 1. The summed E-state index contributed by atoms with van der Waals surface area (Å²) in [6.07, 6.45) is 3.76. The number of halogens is 1. The number of benzene rings is 1. The van der Waals surface area contributed by atoms with E-state index in [4.69, 9.17) is 5.11 Å². The highest BCUT2D eigenvalue weighted by Crippen LogP contribution is 2.30. The summed E-state index contributed by atoms with van der Waals surface area (Å²) >= 11 is 0. The predicted molar refractivity (Wildman–Crippen MR) is 87.0 cm³/mol. The van der Waals surface area contributed by atoms with E-state index in [2.05, 4.69) is 5.32 Å². The number of hydrogen-bond acceptors (Lipinski definition) is 3. The van der Waals surface area contributed by atoms with Crippen LogP contribution >= 0.6 is 0 Å². The van der Waals surface area contributed by atoms with Gasteiger partial charge in [0.25, 0.3) is 0 Å². The average molecular weight is 334 g/mol. The fraction of sp³-hybridized carbons (Fsp3) is 0.556. The van der Waals surface area contributed by atoms with E-state index in [-0.39, 0.29) is 17.6 Å². The van der Waals surface area contributed by atoms with Gasteiger partial charge in [-0.3, -0.25) is 9.59 Å². The molecule has 1 amide bonds. The van der Waals surface area contributed by atoms with Gasteiger partial charge in [-0.25, -0.2) is 4.39 Å². The van der Waals surface area contributed by atoms with Crippen molar-refractivity contribution in [3.05, 3.63) is 35.6 Å². The Morgan fingerprint density at radius 3 is 2.62 bits per heavy atom. The van der Waals surface area contributed by atoms with Crippen LogP contribution in [0.15, 0.2) is 24.3 Å². The second-order valence-electron chi connectivity index (χ2n) is 6.72. The lowest BCUT2D eigenvalue weighted by Crippen LogP contribution is -2.49. The lowest BCUT2D eigenvalue weighted by Gasteiger charge is -2.32. The maximum Gasteiger partial charge on any atom is 0.320 e. The van der Waals surface area contributed by atoms with Crippen LogP contribution in [0.2, 0.25) is 0 Å². The predicted octanol–water partition coefficient (Wildman–Crippen LogP) is 1.81. The molecule has 130 valence electrons. The third kappa shape index (κ3) is 4.12. The zero-order valence-corrected chi connectivity index (χ0v) is 13.6. The lowest BCUT2D eigenvalue weighted by molar-refractivity contribution is -0.143. The Balaban J connectivity index is 1.57. The van der Waals surface area contributed by atoms with Crippen LogP contribution in [0.1, 0.15) is 31.2 Å². The molecule has 2 fully saturated rings. The van der Waals surface area contributed by atoms with Gasteiger partial charge in [0.1, 0.15) is 11.9 Å². The molecule has 1 heterocycles. The molecule has 6 heteroatoms. The van der Waals surface area contributed by atoms with Crippen molar-refractivity contribution in [2.75, 3.05) is 13.1 Å². The zero-order valence-electron chi connectivity index (χ0n) is 13.6. The van der Waals surface area contributed by atoms with E-state index in [9.17, 15) is 14.0 Å². The van der Waals surface area contributed by atoms with Gasteiger partial charge in [0.15, 0.2) is 0 Å². The van der Waals surface area contributed by atoms with Crippen LogP contribution in [-0.2, 0) is 16.0 Å². The van der Waals surface area contributed by atoms with Gasteiger partial charge in [-0.2, -0.15) is 0 Å². The second kappa shape index (κ2) is 7.30. The number of amides is 1. The maximum absolute atomic E-state index is 13.3. The Hall–Kier alpha value is -1.95. The summed E-state index contributed by atoms with van der Waals surface area (Å²) in [4.78, 5) is 25.7. The first-order valence-corrected chi connectivity index (χ1v) is 8.55. The van der Waals surface area contributed by atoms with Gasteiger partial charge >= 0.3 is 5.97 Å². The molecule has 0 spiro atoms. The van der Waals surface area contributed by atoms with E-state index in [0.717, 1.165) is 18.4 Å². The average Bonchev–Trinajstić information content (AvgIpc) is 3.40. The van der Waals surface area contributed by atoms with Gasteiger partial charge < -0.3 is 15.3 Å². The molecule has 1 aromatic carbocycles. The van der Waals surface area contributed by atoms with Gasteiger partial charge in [0, 0.05) is 19.1 Å². The quantitative estimate of drug-likeness (QED) is 0.832. The smallest absolute Gasteiger partial charge is 0.320 e. The summed E-state index contributed by atoms with van der Waals surface area (Å²) in [7, 11) is 0. The molecule has 0 radical (unpaired) electrons. The van der Waals surface area contributed by atoms with E-state index in [1.807, 2.05) is 11.0 Å². The molecule has 24 heavy (non-hydrogen) atoms. The molecule has 2 aliphatic rings. The molecule has 2 unspecified atom stereocenters. The van der Waals surface area contributed by atoms with Crippen LogP contribution in [-0.4, -0.2) is 47.1 Å². The molecular weight excluding hydrogens is 311 g/mol. The van der Waals surface area contributed by atoms with Crippen molar-refractivity contribution in [2.24, 2.45) is 5.92 Å². The number of nitrogens with zero attached hydrogens (tertiary/aromatic N) is 1. The number of carbonyl (C=O) groups is 2. The summed E-state index contributed by atoms with van der Waals surface area (Å²) < 4.78 is 13.3. The maximum atomic E-state index is 13.3. The molecule has 1 aromatic rings. The van der Waals surface area contributed by atoms with Crippen LogP contribution in [0.25, 0.3) is 0 Å². The Morgan fingerprint density at radius 2 is 2.04 bits per heavy atom. The summed E-state index contributed by atoms with van der Waals surface area (Å²) in [6, 6.07) is 6.23. The van der Waals surface area contributed by atoms with E-state index in [1.54, 1.807) is 6.07 Å². The minimum Gasteiger partial charge on any atom is -0.480 e. The number of hydrogen-bond donors (Lipinski definition) is 2. The molecule has 1 saturated carbocycles. The molecule has 3 rings (SSSR count). The summed E-state index contributed by atoms with van der Waals surface area (Å²) in [6.45, 7) is 1.00. The SMILES string of the molecule is O=C(O)C1CCC(C(=O)N(CCc2cccc(F)c2)C2CC2)CN1. The van der Waals surface area contributed by atoms with Crippen molar-refractivity contribution >= 4 is 11.9 Å². The molecule has 1 aliphatic carbocycles. The standard InChI is InChI=1S/C18H23FN2O3/c19-14-3-1-2-12(10-14)8-9-21(15-5-6-15)17(22)13-4-7-16(18(23)24)20-11-13/h1-3,10,13,15-16,20H,4-9,11H2,(H,23,24). The number of piperidine rings is 1. The van der Waals surface area contributed by atoms with Crippen molar-refractivity contribution in [1.29, 1.82) is 0 Å².